The predicted molar refractivity (Wildman–Crippen MR) is 58.0 cm³/mol. The van der Waals surface area contributed by atoms with E-state index >= 15 is 0 Å². The van der Waals surface area contributed by atoms with E-state index in [4.69, 9.17) is 5.73 Å². The number of rotatable bonds is 3. The van der Waals surface area contributed by atoms with Crippen molar-refractivity contribution in [3.8, 4) is 11.4 Å². The van der Waals surface area contributed by atoms with Crippen molar-refractivity contribution >= 4 is 5.82 Å². The van der Waals surface area contributed by atoms with Gasteiger partial charge in [0.15, 0.2) is 5.82 Å². The molecule has 0 aromatic carbocycles. The van der Waals surface area contributed by atoms with Crippen molar-refractivity contribution in [3.05, 3.63) is 24.9 Å². The van der Waals surface area contributed by atoms with Crippen LogP contribution in [0.2, 0.25) is 0 Å². The van der Waals surface area contributed by atoms with Crippen LogP contribution in [0.1, 0.15) is 13.3 Å². The fourth-order valence-corrected chi connectivity index (χ4v) is 1.48. The molecule has 0 unspecified atom stereocenters. The first kappa shape index (κ1) is 9.64. The number of aromatic nitrogens is 4. The van der Waals surface area contributed by atoms with E-state index in [1.165, 1.54) is 0 Å². The third-order valence-corrected chi connectivity index (χ3v) is 2.15. The quantitative estimate of drug-likeness (QED) is 0.817. The van der Waals surface area contributed by atoms with E-state index in [9.17, 15) is 0 Å². The van der Waals surface area contributed by atoms with E-state index in [0.717, 1.165) is 18.7 Å². The summed E-state index contributed by atoms with van der Waals surface area (Å²) >= 11 is 0. The highest BCUT2D eigenvalue weighted by molar-refractivity contribution is 5.65. The molecule has 0 aliphatic rings. The van der Waals surface area contributed by atoms with E-state index in [0.29, 0.717) is 11.5 Å². The van der Waals surface area contributed by atoms with Gasteiger partial charge in [0.1, 0.15) is 5.69 Å². The molecule has 0 saturated carbocycles. The van der Waals surface area contributed by atoms with Gasteiger partial charge in [-0.15, -0.1) is 0 Å². The summed E-state index contributed by atoms with van der Waals surface area (Å²) in [7, 11) is 0. The first-order valence-corrected chi connectivity index (χ1v) is 4.90. The Morgan fingerprint density at radius 2 is 2.13 bits per heavy atom. The Bertz CT molecular complexity index is 449. The Balaban J connectivity index is 2.45. The van der Waals surface area contributed by atoms with E-state index < -0.39 is 0 Å². The Morgan fingerprint density at radius 1 is 1.33 bits per heavy atom. The molecule has 5 nitrogen and oxygen atoms in total. The fraction of sp³-hybridized carbons (Fsp3) is 0.300. The zero-order chi connectivity index (χ0) is 10.7. The van der Waals surface area contributed by atoms with Gasteiger partial charge in [-0.25, -0.2) is 15.0 Å². The minimum Gasteiger partial charge on any atom is -0.382 e. The summed E-state index contributed by atoms with van der Waals surface area (Å²) < 4.78 is 2.03. The van der Waals surface area contributed by atoms with Gasteiger partial charge in [0, 0.05) is 18.9 Å². The highest BCUT2D eigenvalue weighted by Gasteiger charge is 2.09. The monoisotopic (exact) mass is 203 g/mol. The largest absolute Gasteiger partial charge is 0.382 e. The summed E-state index contributed by atoms with van der Waals surface area (Å²) in [5, 5.41) is 0. The number of nitrogen functional groups attached to an aromatic ring is 1. The molecule has 0 spiro atoms. The lowest BCUT2D eigenvalue weighted by Crippen LogP contribution is -2.02. The average Bonchev–Trinajstić information content (AvgIpc) is 2.67. The molecule has 0 radical (unpaired) electrons. The van der Waals surface area contributed by atoms with Crippen LogP contribution >= 0.6 is 0 Å². The molecule has 78 valence electrons. The maximum atomic E-state index is 5.76. The van der Waals surface area contributed by atoms with Gasteiger partial charge in [-0.2, -0.15) is 0 Å². The second-order valence-corrected chi connectivity index (χ2v) is 3.26. The van der Waals surface area contributed by atoms with Gasteiger partial charge < -0.3 is 10.3 Å². The maximum absolute atomic E-state index is 5.76. The second-order valence-electron chi connectivity index (χ2n) is 3.26. The lowest BCUT2D eigenvalue weighted by Gasteiger charge is -2.06. The Kier molecular flexibility index (Phi) is 2.62. The molecule has 0 saturated heterocycles. The normalized spacial score (nSPS) is 10.5. The van der Waals surface area contributed by atoms with Crippen molar-refractivity contribution in [1.29, 1.82) is 0 Å². The molecule has 5 heteroatoms. The predicted octanol–water partition coefficient (Wildman–Crippen LogP) is 1.33. The van der Waals surface area contributed by atoms with Crippen molar-refractivity contribution in [2.45, 2.75) is 19.9 Å². The van der Waals surface area contributed by atoms with Crippen molar-refractivity contribution in [3.63, 3.8) is 0 Å². The highest BCUT2D eigenvalue weighted by atomic mass is 15.1. The molecular formula is C10H13N5. The van der Waals surface area contributed by atoms with Crippen LogP contribution in [-0.2, 0) is 6.54 Å². The highest BCUT2D eigenvalue weighted by Crippen LogP contribution is 2.20. The van der Waals surface area contributed by atoms with Crippen LogP contribution in [-0.4, -0.2) is 19.5 Å². The van der Waals surface area contributed by atoms with Gasteiger partial charge in [-0.3, -0.25) is 0 Å². The number of nitrogens with two attached hydrogens (primary N) is 1. The molecule has 0 aliphatic carbocycles. The molecular weight excluding hydrogens is 190 g/mol. The second kappa shape index (κ2) is 4.08. The minimum absolute atomic E-state index is 0.440. The lowest BCUT2D eigenvalue weighted by molar-refractivity contribution is 0.683. The maximum Gasteiger partial charge on any atom is 0.151 e. The molecule has 0 amide bonds. The number of hydrogen-bond acceptors (Lipinski definition) is 4. The fourth-order valence-electron chi connectivity index (χ4n) is 1.48. The summed E-state index contributed by atoms with van der Waals surface area (Å²) in [4.78, 5) is 12.3. The molecule has 0 atom stereocenters. The summed E-state index contributed by atoms with van der Waals surface area (Å²) in [6.07, 6.45) is 7.81. The van der Waals surface area contributed by atoms with Crippen LogP contribution in [0, 0.1) is 0 Å². The van der Waals surface area contributed by atoms with Gasteiger partial charge in [0.2, 0.25) is 0 Å². The molecule has 2 heterocycles. The molecule has 2 rings (SSSR count). The van der Waals surface area contributed by atoms with Gasteiger partial charge in [0.25, 0.3) is 0 Å². The van der Waals surface area contributed by atoms with Crippen molar-refractivity contribution in [1.82, 2.24) is 19.5 Å². The van der Waals surface area contributed by atoms with Crippen molar-refractivity contribution in [2.24, 2.45) is 0 Å². The standard InChI is InChI=1S/C10H13N5/c1-2-5-15-7-12-6-8(15)9-10(11)14-4-3-13-9/h3-4,6-7H,2,5H2,1H3,(H2,11,14). The molecule has 0 bridgehead atoms. The third kappa shape index (κ3) is 1.81. The van der Waals surface area contributed by atoms with Crippen molar-refractivity contribution < 1.29 is 0 Å². The first-order valence-electron chi connectivity index (χ1n) is 4.90. The number of aryl methyl sites for hydroxylation is 1. The molecule has 2 N–H and O–H groups in total. The Hall–Kier alpha value is -1.91. The van der Waals surface area contributed by atoms with E-state index in [-0.39, 0.29) is 0 Å². The van der Waals surface area contributed by atoms with Crippen LogP contribution in [0.4, 0.5) is 5.82 Å². The Morgan fingerprint density at radius 3 is 2.87 bits per heavy atom. The van der Waals surface area contributed by atoms with Crippen molar-refractivity contribution in [2.75, 3.05) is 5.73 Å². The first-order chi connectivity index (χ1) is 7.33. The van der Waals surface area contributed by atoms with Crippen LogP contribution in [0.25, 0.3) is 11.4 Å². The lowest BCUT2D eigenvalue weighted by atomic mass is 10.3. The van der Waals surface area contributed by atoms with E-state index in [1.54, 1.807) is 24.9 Å². The summed E-state index contributed by atoms with van der Waals surface area (Å²) in [6, 6.07) is 0. The molecule has 0 fully saturated rings. The van der Waals surface area contributed by atoms with E-state index in [2.05, 4.69) is 21.9 Å². The van der Waals surface area contributed by atoms with Crippen LogP contribution < -0.4 is 5.73 Å². The van der Waals surface area contributed by atoms with E-state index in [1.807, 2.05) is 4.57 Å². The summed E-state index contributed by atoms with van der Waals surface area (Å²) in [5.41, 5.74) is 7.38. The number of anilines is 1. The summed E-state index contributed by atoms with van der Waals surface area (Å²) in [6.45, 7) is 3.02. The zero-order valence-corrected chi connectivity index (χ0v) is 8.59. The third-order valence-electron chi connectivity index (χ3n) is 2.15. The smallest absolute Gasteiger partial charge is 0.151 e. The van der Waals surface area contributed by atoms with Gasteiger partial charge in [-0.1, -0.05) is 6.92 Å². The number of imidazole rings is 1. The van der Waals surface area contributed by atoms with Gasteiger partial charge in [-0.05, 0) is 6.42 Å². The molecule has 2 aromatic rings. The average molecular weight is 203 g/mol. The van der Waals surface area contributed by atoms with Crippen LogP contribution in [0.3, 0.4) is 0 Å². The summed E-state index contributed by atoms with van der Waals surface area (Å²) in [5.74, 6) is 0.440. The molecule has 2 aromatic heterocycles. The van der Waals surface area contributed by atoms with Crippen LogP contribution in [0.15, 0.2) is 24.9 Å². The minimum atomic E-state index is 0.440. The van der Waals surface area contributed by atoms with Gasteiger partial charge >= 0.3 is 0 Å². The SMILES string of the molecule is CCCn1cncc1-c1nccnc1N. The molecule has 0 aliphatic heterocycles. The zero-order valence-electron chi connectivity index (χ0n) is 8.59. The topological polar surface area (TPSA) is 69.6 Å². The number of hydrogen-bond donors (Lipinski definition) is 1. The number of nitrogens with zero attached hydrogens (tertiary/aromatic N) is 4. The van der Waals surface area contributed by atoms with Gasteiger partial charge in [0.05, 0.1) is 18.2 Å². The molecule has 15 heavy (non-hydrogen) atoms. The Labute approximate surface area is 88.0 Å². The van der Waals surface area contributed by atoms with Crippen LogP contribution in [0.5, 0.6) is 0 Å².